The van der Waals surface area contributed by atoms with Crippen molar-refractivity contribution < 1.29 is 9.32 Å². The summed E-state index contributed by atoms with van der Waals surface area (Å²) in [5.41, 5.74) is 0. The minimum atomic E-state index is -0.117. The minimum absolute atomic E-state index is 0.110. The van der Waals surface area contributed by atoms with Crippen LogP contribution in [0.5, 0.6) is 0 Å². The van der Waals surface area contributed by atoms with Gasteiger partial charge in [0, 0.05) is 19.6 Å². The van der Waals surface area contributed by atoms with Gasteiger partial charge in [-0.3, -0.25) is 4.79 Å². The molecule has 1 amide bonds. The normalized spacial score (nSPS) is 24.9. The molecule has 1 unspecified atom stereocenters. The molecule has 0 aliphatic carbocycles. The van der Waals surface area contributed by atoms with Crippen LogP contribution in [0.3, 0.4) is 0 Å². The third kappa shape index (κ3) is 2.83. The Labute approximate surface area is 118 Å². The molecule has 2 saturated heterocycles. The zero-order chi connectivity index (χ0) is 13.9. The number of carbonyl (C=O) groups excluding carboxylic acids is 1. The fourth-order valence-corrected chi connectivity index (χ4v) is 2.75. The smallest absolute Gasteiger partial charge is 0.295 e. The second-order valence-electron chi connectivity index (χ2n) is 5.55. The minimum Gasteiger partial charge on any atom is -0.337 e. The number of carbonyl (C=O) groups is 1. The third-order valence-electron chi connectivity index (χ3n) is 4.00. The number of hydrogen-bond donors (Lipinski definition) is 1. The van der Waals surface area contributed by atoms with E-state index in [9.17, 15) is 4.79 Å². The number of rotatable bonds is 2. The van der Waals surface area contributed by atoms with Crippen molar-refractivity contribution in [1.29, 1.82) is 0 Å². The molecule has 1 N–H and O–H groups in total. The Morgan fingerprint density at radius 2 is 2.20 bits per heavy atom. The number of nitrogens with zero attached hydrogens (tertiary/aromatic N) is 4. The third-order valence-corrected chi connectivity index (χ3v) is 4.00. The van der Waals surface area contributed by atoms with Crippen molar-refractivity contribution >= 4 is 5.91 Å². The molecule has 110 valence electrons. The molecule has 3 rings (SSSR count). The molecule has 1 atom stereocenters. The van der Waals surface area contributed by atoms with Gasteiger partial charge in [0.1, 0.15) is 0 Å². The molecule has 2 aliphatic heterocycles. The highest BCUT2D eigenvalue weighted by molar-refractivity contribution is 5.90. The van der Waals surface area contributed by atoms with Crippen molar-refractivity contribution in [3.63, 3.8) is 0 Å². The number of aromatic nitrogens is 2. The Morgan fingerprint density at radius 1 is 1.30 bits per heavy atom. The van der Waals surface area contributed by atoms with Crippen molar-refractivity contribution in [2.45, 2.75) is 25.3 Å². The van der Waals surface area contributed by atoms with Gasteiger partial charge in [0.2, 0.25) is 5.89 Å². The lowest BCUT2D eigenvalue weighted by Gasteiger charge is -2.18. The second kappa shape index (κ2) is 5.88. The van der Waals surface area contributed by atoms with Gasteiger partial charge in [0.15, 0.2) is 0 Å². The van der Waals surface area contributed by atoms with Crippen LogP contribution in [0.15, 0.2) is 4.52 Å². The van der Waals surface area contributed by atoms with Crippen molar-refractivity contribution in [3.05, 3.63) is 11.7 Å². The maximum atomic E-state index is 12.4. The average molecular weight is 279 g/mol. The molecule has 1 aromatic heterocycles. The van der Waals surface area contributed by atoms with E-state index in [1.807, 2.05) is 4.90 Å². The second-order valence-corrected chi connectivity index (χ2v) is 5.55. The van der Waals surface area contributed by atoms with Gasteiger partial charge in [-0.05, 0) is 39.4 Å². The molecule has 0 aromatic carbocycles. The highest BCUT2D eigenvalue weighted by Crippen LogP contribution is 2.21. The predicted molar refractivity (Wildman–Crippen MR) is 72.3 cm³/mol. The molecule has 0 spiro atoms. The standard InChI is InChI=1S/C13H21N5O2/c1-17-6-3-7-18(9-8-17)13(19)11-15-12(20-16-11)10-4-2-5-14-10/h10,14H,2-9H2,1H3. The maximum absolute atomic E-state index is 12.4. The Balaban J connectivity index is 1.67. The van der Waals surface area contributed by atoms with Crippen molar-refractivity contribution in [2.75, 3.05) is 39.8 Å². The predicted octanol–water partition coefficient (Wildman–Crippen LogP) is 0.272. The number of amides is 1. The van der Waals surface area contributed by atoms with E-state index < -0.39 is 0 Å². The summed E-state index contributed by atoms with van der Waals surface area (Å²) in [5.74, 6) is 0.615. The first-order chi connectivity index (χ1) is 9.74. The van der Waals surface area contributed by atoms with Gasteiger partial charge in [0.25, 0.3) is 11.7 Å². The quantitative estimate of drug-likeness (QED) is 0.837. The van der Waals surface area contributed by atoms with Gasteiger partial charge in [-0.15, -0.1) is 0 Å². The average Bonchev–Trinajstić information content (AvgIpc) is 3.08. The Hall–Kier alpha value is -1.47. The van der Waals surface area contributed by atoms with Gasteiger partial charge in [-0.25, -0.2) is 0 Å². The van der Waals surface area contributed by atoms with Gasteiger partial charge >= 0.3 is 0 Å². The molecule has 2 aliphatic rings. The first-order valence-electron chi connectivity index (χ1n) is 7.29. The lowest BCUT2D eigenvalue weighted by Crippen LogP contribution is -2.35. The first kappa shape index (κ1) is 13.5. The van der Waals surface area contributed by atoms with Gasteiger partial charge in [-0.2, -0.15) is 4.98 Å². The Morgan fingerprint density at radius 3 is 3.00 bits per heavy atom. The summed E-state index contributed by atoms with van der Waals surface area (Å²) in [7, 11) is 2.08. The zero-order valence-corrected chi connectivity index (χ0v) is 11.8. The summed E-state index contributed by atoms with van der Waals surface area (Å²) in [6.07, 6.45) is 3.08. The monoisotopic (exact) mass is 279 g/mol. The van der Waals surface area contributed by atoms with Crippen LogP contribution in [0.4, 0.5) is 0 Å². The van der Waals surface area contributed by atoms with Gasteiger partial charge in [0.05, 0.1) is 6.04 Å². The Kier molecular flexibility index (Phi) is 3.98. The van der Waals surface area contributed by atoms with E-state index in [4.69, 9.17) is 4.52 Å². The molecule has 20 heavy (non-hydrogen) atoms. The molecular weight excluding hydrogens is 258 g/mol. The van der Waals surface area contributed by atoms with Crippen LogP contribution in [-0.2, 0) is 0 Å². The summed E-state index contributed by atoms with van der Waals surface area (Å²) in [6.45, 7) is 4.36. The highest BCUT2D eigenvalue weighted by atomic mass is 16.5. The van der Waals surface area contributed by atoms with E-state index in [0.29, 0.717) is 5.89 Å². The number of hydrogen-bond acceptors (Lipinski definition) is 6. The summed E-state index contributed by atoms with van der Waals surface area (Å²) in [6, 6.07) is 0.110. The van der Waals surface area contributed by atoms with E-state index >= 15 is 0 Å². The molecule has 0 saturated carbocycles. The fourth-order valence-electron chi connectivity index (χ4n) is 2.75. The lowest BCUT2D eigenvalue weighted by molar-refractivity contribution is 0.0747. The first-order valence-corrected chi connectivity index (χ1v) is 7.29. The van der Waals surface area contributed by atoms with Gasteiger partial charge in [-0.1, -0.05) is 5.16 Å². The number of nitrogens with one attached hydrogen (secondary N) is 1. The van der Waals surface area contributed by atoms with Crippen LogP contribution < -0.4 is 5.32 Å². The van der Waals surface area contributed by atoms with E-state index in [1.165, 1.54) is 0 Å². The van der Waals surface area contributed by atoms with E-state index in [-0.39, 0.29) is 17.8 Å². The van der Waals surface area contributed by atoms with E-state index in [2.05, 4.69) is 27.4 Å². The lowest BCUT2D eigenvalue weighted by atomic mass is 10.2. The summed E-state index contributed by atoms with van der Waals surface area (Å²) < 4.78 is 5.23. The van der Waals surface area contributed by atoms with Crippen LogP contribution in [0.2, 0.25) is 0 Å². The van der Waals surface area contributed by atoms with Gasteiger partial charge < -0.3 is 19.6 Å². The molecule has 0 bridgehead atoms. The molecule has 7 nitrogen and oxygen atoms in total. The van der Waals surface area contributed by atoms with Crippen LogP contribution >= 0.6 is 0 Å². The SMILES string of the molecule is CN1CCCN(C(=O)c2noc(C3CCCN3)n2)CC1. The molecule has 2 fully saturated rings. The summed E-state index contributed by atoms with van der Waals surface area (Å²) >= 11 is 0. The maximum Gasteiger partial charge on any atom is 0.295 e. The van der Waals surface area contributed by atoms with Crippen molar-refractivity contribution in [1.82, 2.24) is 25.3 Å². The van der Waals surface area contributed by atoms with E-state index in [1.54, 1.807) is 0 Å². The topological polar surface area (TPSA) is 74.5 Å². The number of likely N-dealkylation sites (N-methyl/N-ethyl adjacent to an activating group) is 1. The van der Waals surface area contributed by atoms with Crippen LogP contribution in [0, 0.1) is 0 Å². The van der Waals surface area contributed by atoms with Crippen molar-refractivity contribution in [2.24, 2.45) is 0 Å². The Bertz CT molecular complexity index is 469. The molecule has 0 radical (unpaired) electrons. The van der Waals surface area contributed by atoms with Crippen LogP contribution in [0.1, 0.15) is 41.8 Å². The van der Waals surface area contributed by atoms with E-state index in [0.717, 1.165) is 52.0 Å². The molecule has 7 heteroatoms. The van der Waals surface area contributed by atoms with Crippen LogP contribution in [-0.4, -0.2) is 65.6 Å². The fraction of sp³-hybridized carbons (Fsp3) is 0.769. The summed E-state index contributed by atoms with van der Waals surface area (Å²) in [5, 5.41) is 7.15. The highest BCUT2D eigenvalue weighted by Gasteiger charge is 2.27. The molecule has 1 aromatic rings. The molecule has 3 heterocycles. The van der Waals surface area contributed by atoms with Crippen LogP contribution in [0.25, 0.3) is 0 Å². The zero-order valence-electron chi connectivity index (χ0n) is 11.8. The molecular formula is C13H21N5O2. The summed E-state index contributed by atoms with van der Waals surface area (Å²) in [4.78, 5) is 20.7. The van der Waals surface area contributed by atoms with Crippen molar-refractivity contribution in [3.8, 4) is 0 Å². The largest absolute Gasteiger partial charge is 0.337 e.